The Morgan fingerprint density at radius 1 is 1.00 bits per heavy atom. The third-order valence-corrected chi connectivity index (χ3v) is 5.58. The van der Waals surface area contributed by atoms with Gasteiger partial charge in [0, 0.05) is 31.9 Å². The van der Waals surface area contributed by atoms with Gasteiger partial charge in [0.2, 0.25) is 0 Å². The molecule has 0 atom stereocenters. The van der Waals surface area contributed by atoms with Crippen LogP contribution in [0.2, 0.25) is 0 Å². The van der Waals surface area contributed by atoms with Crippen LogP contribution >= 0.6 is 0 Å². The van der Waals surface area contributed by atoms with Gasteiger partial charge >= 0.3 is 5.69 Å². The number of benzene rings is 1. The molecule has 0 N–H and O–H groups in total. The minimum Gasteiger partial charge on any atom is -0.342 e. The Kier molecular flexibility index (Phi) is 3.67. The van der Waals surface area contributed by atoms with Crippen LogP contribution in [-0.4, -0.2) is 13.7 Å². The first-order valence-electron chi connectivity index (χ1n) is 8.87. The van der Waals surface area contributed by atoms with Crippen molar-refractivity contribution in [1.29, 1.82) is 0 Å². The van der Waals surface area contributed by atoms with E-state index < -0.39 is 0 Å². The summed E-state index contributed by atoms with van der Waals surface area (Å²) in [6, 6.07) is 8.55. The van der Waals surface area contributed by atoms with Crippen LogP contribution in [0.5, 0.6) is 0 Å². The SMILES string of the molecule is Cc1ccccc1-c1c2c(=O)n(C)c(=O)n(C)c2cn1C1CCCC1. The molecular weight excluding hydrogens is 314 g/mol. The first-order chi connectivity index (χ1) is 12.0. The molecule has 2 aromatic heterocycles. The predicted molar refractivity (Wildman–Crippen MR) is 100 cm³/mol. The molecule has 1 saturated carbocycles. The van der Waals surface area contributed by atoms with E-state index in [0.717, 1.165) is 35.2 Å². The van der Waals surface area contributed by atoms with Crippen LogP contribution in [-0.2, 0) is 14.1 Å². The topological polar surface area (TPSA) is 48.9 Å². The van der Waals surface area contributed by atoms with Crippen LogP contribution < -0.4 is 11.2 Å². The lowest BCUT2D eigenvalue weighted by atomic mass is 10.0. The maximum Gasteiger partial charge on any atom is 0.330 e. The largest absolute Gasteiger partial charge is 0.342 e. The van der Waals surface area contributed by atoms with Crippen molar-refractivity contribution < 1.29 is 0 Å². The van der Waals surface area contributed by atoms with Gasteiger partial charge in [0.15, 0.2) is 0 Å². The van der Waals surface area contributed by atoms with Crippen molar-refractivity contribution in [3.05, 3.63) is 56.9 Å². The number of hydrogen-bond acceptors (Lipinski definition) is 2. The smallest absolute Gasteiger partial charge is 0.330 e. The van der Waals surface area contributed by atoms with Crippen molar-refractivity contribution in [2.45, 2.75) is 38.6 Å². The van der Waals surface area contributed by atoms with Crippen molar-refractivity contribution in [3.63, 3.8) is 0 Å². The summed E-state index contributed by atoms with van der Waals surface area (Å²) < 4.78 is 5.05. The van der Waals surface area contributed by atoms with Crippen LogP contribution in [0, 0.1) is 6.92 Å². The highest BCUT2D eigenvalue weighted by atomic mass is 16.2. The van der Waals surface area contributed by atoms with E-state index in [-0.39, 0.29) is 11.2 Å². The molecule has 1 aromatic carbocycles. The summed E-state index contributed by atoms with van der Waals surface area (Å²) in [6.07, 6.45) is 6.67. The van der Waals surface area contributed by atoms with Gasteiger partial charge in [-0.05, 0) is 25.3 Å². The van der Waals surface area contributed by atoms with E-state index in [0.29, 0.717) is 11.4 Å². The normalized spacial score (nSPS) is 15.3. The maximum absolute atomic E-state index is 13.0. The first-order valence-corrected chi connectivity index (χ1v) is 8.87. The average molecular weight is 337 g/mol. The summed E-state index contributed by atoms with van der Waals surface area (Å²) in [5, 5.41) is 0.644. The molecule has 0 radical (unpaired) electrons. The molecule has 25 heavy (non-hydrogen) atoms. The van der Waals surface area contributed by atoms with Crippen LogP contribution in [0.3, 0.4) is 0 Å². The Labute approximate surface area is 146 Å². The molecule has 4 rings (SSSR count). The third kappa shape index (κ3) is 2.29. The van der Waals surface area contributed by atoms with Crippen LogP contribution in [0.4, 0.5) is 0 Å². The van der Waals surface area contributed by atoms with Gasteiger partial charge in [0.25, 0.3) is 5.56 Å². The second kappa shape index (κ2) is 5.76. The van der Waals surface area contributed by atoms with E-state index in [1.807, 2.05) is 18.3 Å². The molecule has 3 aromatic rings. The van der Waals surface area contributed by atoms with E-state index in [9.17, 15) is 9.59 Å². The number of nitrogens with zero attached hydrogens (tertiary/aromatic N) is 3. The number of fused-ring (bicyclic) bond motifs is 1. The summed E-state index contributed by atoms with van der Waals surface area (Å²) in [5.41, 5.74) is 3.39. The Bertz CT molecular complexity index is 1080. The van der Waals surface area contributed by atoms with Crippen molar-refractivity contribution in [2.75, 3.05) is 0 Å². The van der Waals surface area contributed by atoms with Gasteiger partial charge in [0.05, 0.1) is 16.6 Å². The molecule has 0 aliphatic heterocycles. The van der Waals surface area contributed by atoms with Gasteiger partial charge < -0.3 is 4.57 Å². The molecule has 1 fully saturated rings. The van der Waals surface area contributed by atoms with Crippen LogP contribution in [0.15, 0.2) is 40.1 Å². The van der Waals surface area contributed by atoms with E-state index in [2.05, 4.69) is 23.6 Å². The summed E-state index contributed by atoms with van der Waals surface area (Å²) in [7, 11) is 3.30. The van der Waals surface area contributed by atoms with E-state index in [1.54, 1.807) is 18.7 Å². The summed E-state index contributed by atoms with van der Waals surface area (Å²) in [6.45, 7) is 2.07. The lowest BCUT2D eigenvalue weighted by molar-refractivity contribution is 0.526. The standard InChI is InChI=1S/C20H23N3O2/c1-13-8-4-7-11-15(13)18-17-16(12-23(18)14-9-5-6-10-14)21(2)20(25)22(3)19(17)24/h4,7-8,11-12,14H,5-6,9-10H2,1-3H3. The van der Waals surface area contributed by atoms with Crippen molar-refractivity contribution in [2.24, 2.45) is 14.1 Å². The fourth-order valence-corrected chi connectivity index (χ4v) is 4.14. The fourth-order valence-electron chi connectivity index (χ4n) is 4.14. The molecule has 5 heteroatoms. The Morgan fingerprint density at radius 3 is 2.36 bits per heavy atom. The maximum atomic E-state index is 13.0. The molecule has 0 bridgehead atoms. The molecular formula is C20H23N3O2. The van der Waals surface area contributed by atoms with Crippen molar-refractivity contribution in [1.82, 2.24) is 13.7 Å². The average Bonchev–Trinajstić information content (AvgIpc) is 3.26. The lowest BCUT2D eigenvalue weighted by Gasteiger charge is -2.17. The zero-order chi connectivity index (χ0) is 17.7. The van der Waals surface area contributed by atoms with Crippen LogP contribution in [0.1, 0.15) is 37.3 Å². The summed E-state index contributed by atoms with van der Waals surface area (Å²) in [5.74, 6) is 0. The minimum atomic E-state index is -0.280. The summed E-state index contributed by atoms with van der Waals surface area (Å²) >= 11 is 0. The molecule has 0 unspecified atom stereocenters. The highest BCUT2D eigenvalue weighted by Gasteiger charge is 2.25. The van der Waals surface area contributed by atoms with Crippen molar-refractivity contribution >= 4 is 10.9 Å². The molecule has 0 amide bonds. The molecule has 130 valence electrons. The molecule has 1 aliphatic rings. The number of aryl methyl sites for hydroxylation is 2. The Hall–Kier alpha value is -2.56. The van der Waals surface area contributed by atoms with E-state index in [4.69, 9.17) is 0 Å². The quantitative estimate of drug-likeness (QED) is 0.721. The van der Waals surface area contributed by atoms with Gasteiger partial charge in [-0.3, -0.25) is 13.9 Å². The first kappa shape index (κ1) is 15.9. The number of rotatable bonds is 2. The Morgan fingerprint density at radius 2 is 1.68 bits per heavy atom. The molecule has 1 aliphatic carbocycles. The summed E-state index contributed by atoms with van der Waals surface area (Å²) in [4.78, 5) is 25.3. The van der Waals surface area contributed by atoms with Gasteiger partial charge in [-0.1, -0.05) is 37.1 Å². The zero-order valence-corrected chi connectivity index (χ0v) is 15.0. The molecule has 0 spiro atoms. The second-order valence-electron chi connectivity index (χ2n) is 7.10. The fraction of sp³-hybridized carbons (Fsp3) is 0.400. The van der Waals surface area contributed by atoms with Gasteiger partial charge in [-0.25, -0.2) is 4.79 Å². The number of aromatic nitrogens is 3. The predicted octanol–water partition coefficient (Wildman–Crippen LogP) is 3.13. The molecule has 0 saturated heterocycles. The minimum absolute atomic E-state index is 0.215. The highest BCUT2D eigenvalue weighted by Crippen LogP contribution is 2.38. The van der Waals surface area contributed by atoms with Gasteiger partial charge in [-0.2, -0.15) is 0 Å². The molecule has 2 heterocycles. The Balaban J connectivity index is 2.18. The van der Waals surface area contributed by atoms with Gasteiger partial charge in [-0.15, -0.1) is 0 Å². The molecule has 5 nitrogen and oxygen atoms in total. The number of hydrogen-bond donors (Lipinski definition) is 0. The van der Waals surface area contributed by atoms with Crippen LogP contribution in [0.25, 0.3) is 22.2 Å². The van der Waals surface area contributed by atoms with Gasteiger partial charge in [0.1, 0.15) is 0 Å². The lowest BCUT2D eigenvalue weighted by Crippen LogP contribution is -2.36. The van der Waals surface area contributed by atoms with E-state index in [1.165, 1.54) is 17.4 Å². The second-order valence-corrected chi connectivity index (χ2v) is 7.10. The monoisotopic (exact) mass is 337 g/mol. The third-order valence-electron chi connectivity index (χ3n) is 5.58. The zero-order valence-electron chi connectivity index (χ0n) is 15.0. The highest BCUT2D eigenvalue weighted by molar-refractivity contribution is 5.94. The van der Waals surface area contributed by atoms with E-state index >= 15 is 0 Å². The van der Waals surface area contributed by atoms with Crippen molar-refractivity contribution in [3.8, 4) is 11.3 Å².